The van der Waals surface area contributed by atoms with Gasteiger partial charge < -0.3 is 9.84 Å². The van der Waals surface area contributed by atoms with Gasteiger partial charge in [0, 0.05) is 11.3 Å². The number of carboxylic acids is 1. The highest BCUT2D eigenvalue weighted by molar-refractivity contribution is 5.85. The number of hydrogen-bond acceptors (Lipinski definition) is 3. The van der Waals surface area contributed by atoms with Gasteiger partial charge in [-0.15, -0.1) is 0 Å². The maximum atomic E-state index is 13.2. The molecule has 0 fully saturated rings. The van der Waals surface area contributed by atoms with Crippen molar-refractivity contribution in [3.63, 3.8) is 0 Å². The molecule has 100 valence electrons. The zero-order chi connectivity index (χ0) is 14.0. The summed E-state index contributed by atoms with van der Waals surface area (Å²) >= 11 is 0. The quantitative estimate of drug-likeness (QED) is 0.918. The molecule has 0 atom stereocenters. The van der Waals surface area contributed by atoms with E-state index in [0.717, 1.165) is 0 Å². The maximum Gasteiger partial charge on any atom is 0.356 e. The Morgan fingerprint density at radius 1 is 1.47 bits per heavy atom. The highest BCUT2D eigenvalue weighted by Gasteiger charge is 2.12. The maximum absolute atomic E-state index is 13.2. The number of aryl methyl sites for hydroxylation is 1. The van der Waals surface area contributed by atoms with Crippen LogP contribution >= 0.6 is 0 Å². The predicted molar refractivity (Wildman–Crippen MR) is 66.0 cm³/mol. The first kappa shape index (κ1) is 13.1. The molecule has 0 spiro atoms. The summed E-state index contributed by atoms with van der Waals surface area (Å²) in [4.78, 5) is 10.8. The number of carboxylic acid groups (broad SMARTS) is 1. The third-order valence-corrected chi connectivity index (χ3v) is 2.76. The number of rotatable bonds is 4. The van der Waals surface area contributed by atoms with Crippen molar-refractivity contribution in [1.29, 1.82) is 0 Å². The van der Waals surface area contributed by atoms with Crippen LogP contribution in [0.15, 0.2) is 24.3 Å². The van der Waals surface area contributed by atoms with E-state index in [0.29, 0.717) is 17.0 Å². The van der Waals surface area contributed by atoms with E-state index >= 15 is 0 Å². The van der Waals surface area contributed by atoms with Crippen molar-refractivity contribution < 1.29 is 19.0 Å². The number of benzene rings is 1. The Hall–Kier alpha value is -2.37. The Morgan fingerprint density at radius 2 is 2.21 bits per heavy atom. The SMILES string of the molecule is COc1ccc(F)cc1Cn1nc(C(=O)O)cc1C. The van der Waals surface area contributed by atoms with E-state index in [2.05, 4.69) is 5.10 Å². The zero-order valence-electron chi connectivity index (χ0n) is 10.6. The molecule has 1 heterocycles. The molecule has 19 heavy (non-hydrogen) atoms. The van der Waals surface area contributed by atoms with Gasteiger partial charge in [-0.25, -0.2) is 9.18 Å². The fourth-order valence-corrected chi connectivity index (χ4v) is 1.81. The molecular weight excluding hydrogens is 251 g/mol. The van der Waals surface area contributed by atoms with Gasteiger partial charge in [0.15, 0.2) is 5.69 Å². The molecule has 0 aliphatic carbocycles. The molecule has 5 nitrogen and oxygen atoms in total. The van der Waals surface area contributed by atoms with Crippen LogP contribution in [0.4, 0.5) is 4.39 Å². The van der Waals surface area contributed by atoms with Crippen LogP contribution in [-0.4, -0.2) is 28.0 Å². The lowest BCUT2D eigenvalue weighted by Gasteiger charge is -2.09. The number of aromatic carboxylic acids is 1. The summed E-state index contributed by atoms with van der Waals surface area (Å²) in [7, 11) is 1.50. The van der Waals surface area contributed by atoms with Gasteiger partial charge in [-0.05, 0) is 31.2 Å². The molecule has 2 aromatic rings. The van der Waals surface area contributed by atoms with Crippen molar-refractivity contribution in [1.82, 2.24) is 9.78 Å². The molecule has 0 unspecified atom stereocenters. The monoisotopic (exact) mass is 264 g/mol. The Morgan fingerprint density at radius 3 is 2.79 bits per heavy atom. The number of nitrogens with zero attached hydrogens (tertiary/aromatic N) is 2. The number of ether oxygens (including phenoxy) is 1. The average Bonchev–Trinajstić information content (AvgIpc) is 2.72. The van der Waals surface area contributed by atoms with Gasteiger partial charge in [-0.2, -0.15) is 5.10 Å². The second-order valence-electron chi connectivity index (χ2n) is 4.09. The summed E-state index contributed by atoms with van der Waals surface area (Å²) in [6.07, 6.45) is 0. The van der Waals surface area contributed by atoms with E-state index in [4.69, 9.17) is 9.84 Å². The Balaban J connectivity index is 2.35. The van der Waals surface area contributed by atoms with Gasteiger partial charge in [0.05, 0.1) is 13.7 Å². The molecule has 0 radical (unpaired) electrons. The van der Waals surface area contributed by atoms with Crippen LogP contribution in [0.25, 0.3) is 0 Å². The van der Waals surface area contributed by atoms with Gasteiger partial charge in [-0.1, -0.05) is 0 Å². The van der Waals surface area contributed by atoms with Crippen LogP contribution in [0.5, 0.6) is 5.75 Å². The minimum atomic E-state index is -1.09. The molecule has 0 saturated heterocycles. The molecule has 1 aromatic heterocycles. The average molecular weight is 264 g/mol. The lowest BCUT2D eigenvalue weighted by atomic mass is 10.2. The predicted octanol–water partition coefficient (Wildman–Crippen LogP) is 2.09. The Kier molecular flexibility index (Phi) is 3.50. The third kappa shape index (κ3) is 2.73. The topological polar surface area (TPSA) is 64.4 Å². The molecule has 0 saturated carbocycles. The van der Waals surface area contributed by atoms with Crippen LogP contribution in [0, 0.1) is 12.7 Å². The minimum absolute atomic E-state index is 0.0344. The van der Waals surface area contributed by atoms with E-state index < -0.39 is 5.97 Å². The van der Waals surface area contributed by atoms with Gasteiger partial charge in [0.1, 0.15) is 11.6 Å². The summed E-state index contributed by atoms with van der Waals surface area (Å²) in [6.45, 7) is 1.99. The summed E-state index contributed by atoms with van der Waals surface area (Å²) in [5.74, 6) is -0.930. The summed E-state index contributed by atoms with van der Waals surface area (Å²) in [6, 6.07) is 5.65. The lowest BCUT2D eigenvalue weighted by molar-refractivity contribution is 0.0689. The van der Waals surface area contributed by atoms with Crippen LogP contribution < -0.4 is 4.74 Å². The summed E-state index contributed by atoms with van der Waals surface area (Å²) < 4.78 is 19.9. The van der Waals surface area contributed by atoms with E-state index in [1.807, 2.05) is 0 Å². The fourth-order valence-electron chi connectivity index (χ4n) is 1.81. The molecule has 6 heteroatoms. The van der Waals surface area contributed by atoms with Gasteiger partial charge in [-0.3, -0.25) is 4.68 Å². The number of aromatic nitrogens is 2. The van der Waals surface area contributed by atoms with Crippen LogP contribution in [0.3, 0.4) is 0 Å². The lowest BCUT2D eigenvalue weighted by Crippen LogP contribution is -2.07. The highest BCUT2D eigenvalue weighted by Crippen LogP contribution is 2.21. The number of carbonyl (C=O) groups is 1. The van der Waals surface area contributed by atoms with Crippen molar-refractivity contribution in [2.24, 2.45) is 0 Å². The van der Waals surface area contributed by atoms with Crippen LogP contribution in [0.2, 0.25) is 0 Å². The molecule has 1 N–H and O–H groups in total. The Bertz CT molecular complexity index is 622. The first-order valence-corrected chi connectivity index (χ1v) is 5.61. The first-order valence-electron chi connectivity index (χ1n) is 5.61. The summed E-state index contributed by atoms with van der Waals surface area (Å²) in [5, 5.41) is 12.8. The number of methoxy groups -OCH3 is 1. The van der Waals surface area contributed by atoms with Crippen molar-refractivity contribution in [2.45, 2.75) is 13.5 Å². The van der Waals surface area contributed by atoms with Crippen molar-refractivity contribution in [2.75, 3.05) is 7.11 Å². The van der Waals surface area contributed by atoms with Crippen molar-refractivity contribution >= 4 is 5.97 Å². The standard InChI is InChI=1S/C13H13FN2O3/c1-8-5-11(13(17)18)15-16(8)7-9-6-10(14)3-4-12(9)19-2/h3-6H,7H2,1-2H3,(H,17,18). The highest BCUT2D eigenvalue weighted by atomic mass is 19.1. The van der Waals surface area contributed by atoms with Gasteiger partial charge >= 0.3 is 5.97 Å². The van der Waals surface area contributed by atoms with E-state index in [-0.39, 0.29) is 18.1 Å². The molecule has 0 aliphatic heterocycles. The minimum Gasteiger partial charge on any atom is -0.496 e. The Labute approximate surface area is 109 Å². The molecule has 1 aromatic carbocycles. The molecular formula is C13H13FN2O3. The third-order valence-electron chi connectivity index (χ3n) is 2.76. The van der Waals surface area contributed by atoms with Crippen molar-refractivity contribution in [3.8, 4) is 5.75 Å². The molecule has 2 rings (SSSR count). The number of hydrogen-bond donors (Lipinski definition) is 1. The molecule has 0 aliphatic rings. The normalized spacial score (nSPS) is 10.5. The second kappa shape index (κ2) is 5.09. The molecule has 0 amide bonds. The van der Waals surface area contributed by atoms with E-state index in [9.17, 15) is 9.18 Å². The van der Waals surface area contributed by atoms with Gasteiger partial charge in [0.25, 0.3) is 0 Å². The number of halogens is 1. The van der Waals surface area contributed by atoms with Crippen molar-refractivity contribution in [3.05, 3.63) is 47.0 Å². The smallest absolute Gasteiger partial charge is 0.356 e. The van der Waals surface area contributed by atoms with E-state index in [1.165, 1.54) is 36.1 Å². The summed E-state index contributed by atoms with van der Waals surface area (Å²) in [5.41, 5.74) is 1.25. The first-order chi connectivity index (χ1) is 9.01. The van der Waals surface area contributed by atoms with Gasteiger partial charge in [0.2, 0.25) is 0 Å². The fraction of sp³-hybridized carbons (Fsp3) is 0.231. The second-order valence-corrected chi connectivity index (χ2v) is 4.09. The molecule has 0 bridgehead atoms. The van der Waals surface area contributed by atoms with E-state index in [1.54, 1.807) is 6.92 Å². The zero-order valence-corrected chi connectivity index (χ0v) is 10.6. The van der Waals surface area contributed by atoms with Crippen LogP contribution in [0.1, 0.15) is 21.7 Å². The largest absolute Gasteiger partial charge is 0.496 e. The van der Waals surface area contributed by atoms with Crippen LogP contribution in [-0.2, 0) is 6.54 Å².